The molecule has 80 valence electrons. The first kappa shape index (κ1) is 9.35. The second-order valence-electron chi connectivity index (χ2n) is 3.45. The fraction of sp³-hybridized carbons (Fsp3) is 0.0909. The van der Waals surface area contributed by atoms with Gasteiger partial charge in [0.2, 0.25) is 0 Å². The molecule has 1 N–H and O–H groups in total. The minimum atomic E-state index is -0.225. The third kappa shape index (κ3) is 1.29. The maximum atomic E-state index is 11.5. The maximum Gasteiger partial charge on any atom is 0.290 e. The number of H-pyrrole nitrogens is 1. The molecule has 0 spiro atoms. The van der Waals surface area contributed by atoms with Crippen LogP contribution in [0.3, 0.4) is 0 Å². The first-order valence-corrected chi connectivity index (χ1v) is 5.61. The molecular formula is C11H8N2O2S. The zero-order valence-electron chi connectivity index (χ0n) is 8.48. The summed E-state index contributed by atoms with van der Waals surface area (Å²) in [6, 6.07) is 7.80. The Bertz CT molecular complexity index is 675. The van der Waals surface area contributed by atoms with Crippen LogP contribution in [0.2, 0.25) is 0 Å². The van der Waals surface area contributed by atoms with Gasteiger partial charge in [0.25, 0.3) is 5.56 Å². The van der Waals surface area contributed by atoms with Crippen LogP contribution in [0, 0.1) is 6.92 Å². The van der Waals surface area contributed by atoms with Crippen LogP contribution < -0.4 is 5.56 Å². The molecule has 4 nitrogen and oxygen atoms in total. The molecule has 0 fully saturated rings. The van der Waals surface area contributed by atoms with Gasteiger partial charge in [-0.3, -0.25) is 4.79 Å². The number of hydrogen-bond acceptors (Lipinski definition) is 4. The Morgan fingerprint density at radius 1 is 1.38 bits per heavy atom. The molecule has 0 atom stereocenters. The first-order chi connectivity index (χ1) is 7.75. The van der Waals surface area contributed by atoms with Gasteiger partial charge in [0.15, 0.2) is 0 Å². The number of rotatable bonds is 1. The second-order valence-corrected chi connectivity index (χ2v) is 4.48. The summed E-state index contributed by atoms with van der Waals surface area (Å²) in [4.78, 5) is 16.0. The number of para-hydroxylation sites is 1. The molecule has 3 aromatic rings. The zero-order chi connectivity index (χ0) is 11.1. The summed E-state index contributed by atoms with van der Waals surface area (Å²) in [5.41, 5.74) is 1.21. The van der Waals surface area contributed by atoms with Gasteiger partial charge in [0.1, 0.15) is 16.3 Å². The summed E-state index contributed by atoms with van der Waals surface area (Å²) in [6.07, 6.45) is 0. The molecule has 0 aliphatic carbocycles. The lowest BCUT2D eigenvalue weighted by molar-refractivity contribution is 0.392. The quantitative estimate of drug-likeness (QED) is 0.701. The van der Waals surface area contributed by atoms with Crippen molar-refractivity contribution in [3.63, 3.8) is 0 Å². The Balaban J connectivity index is 2.31. The van der Waals surface area contributed by atoms with Gasteiger partial charge in [-0.25, -0.2) is 4.98 Å². The van der Waals surface area contributed by atoms with Crippen molar-refractivity contribution in [3.05, 3.63) is 40.4 Å². The SMILES string of the molecule is Cc1o[nH]c(=O)c1-c1nc2ccccc2s1. The third-order valence-corrected chi connectivity index (χ3v) is 3.44. The van der Waals surface area contributed by atoms with Crippen LogP contribution >= 0.6 is 11.3 Å². The van der Waals surface area contributed by atoms with E-state index < -0.39 is 0 Å². The Morgan fingerprint density at radius 3 is 2.88 bits per heavy atom. The van der Waals surface area contributed by atoms with E-state index in [1.54, 1.807) is 6.92 Å². The minimum Gasteiger partial charge on any atom is -0.383 e. The Labute approximate surface area is 94.5 Å². The predicted octanol–water partition coefficient (Wildman–Crippen LogP) is 2.55. The van der Waals surface area contributed by atoms with Crippen molar-refractivity contribution in [2.45, 2.75) is 6.92 Å². The van der Waals surface area contributed by atoms with Crippen LogP contribution in [0.1, 0.15) is 5.76 Å². The molecule has 0 amide bonds. The van der Waals surface area contributed by atoms with E-state index in [1.807, 2.05) is 24.3 Å². The van der Waals surface area contributed by atoms with Gasteiger partial charge in [-0.2, -0.15) is 5.16 Å². The standard InChI is InChI=1S/C11H8N2O2S/c1-6-9(10(14)13-15-6)11-12-7-4-2-3-5-8(7)16-11/h2-5H,1H3,(H,13,14). The summed E-state index contributed by atoms with van der Waals surface area (Å²) in [5, 5.41) is 3.02. The van der Waals surface area contributed by atoms with Gasteiger partial charge >= 0.3 is 0 Å². The lowest BCUT2D eigenvalue weighted by Crippen LogP contribution is -2.00. The number of nitrogens with one attached hydrogen (secondary N) is 1. The molecule has 0 saturated heterocycles. The van der Waals surface area contributed by atoms with Crippen molar-refractivity contribution >= 4 is 21.6 Å². The molecule has 16 heavy (non-hydrogen) atoms. The molecule has 0 bridgehead atoms. The lowest BCUT2D eigenvalue weighted by Gasteiger charge is -1.86. The van der Waals surface area contributed by atoms with Crippen LogP contribution in [0.4, 0.5) is 0 Å². The Morgan fingerprint density at radius 2 is 2.19 bits per heavy atom. The number of thiazole rings is 1. The van der Waals surface area contributed by atoms with E-state index in [0.29, 0.717) is 16.3 Å². The summed E-state index contributed by atoms with van der Waals surface area (Å²) < 4.78 is 6.04. The molecule has 0 unspecified atom stereocenters. The average Bonchev–Trinajstić information content (AvgIpc) is 2.82. The highest BCUT2D eigenvalue weighted by Crippen LogP contribution is 2.29. The molecule has 0 saturated carbocycles. The fourth-order valence-electron chi connectivity index (χ4n) is 1.61. The van der Waals surface area contributed by atoms with Crippen molar-refractivity contribution < 1.29 is 4.52 Å². The zero-order valence-corrected chi connectivity index (χ0v) is 9.30. The van der Waals surface area contributed by atoms with E-state index >= 15 is 0 Å². The highest BCUT2D eigenvalue weighted by Gasteiger charge is 2.15. The second kappa shape index (κ2) is 3.31. The average molecular weight is 232 g/mol. The number of aryl methyl sites for hydroxylation is 1. The van der Waals surface area contributed by atoms with E-state index in [1.165, 1.54) is 11.3 Å². The molecule has 0 radical (unpaired) electrons. The molecule has 0 aliphatic rings. The van der Waals surface area contributed by atoms with Crippen molar-refractivity contribution in [1.29, 1.82) is 0 Å². The largest absolute Gasteiger partial charge is 0.383 e. The summed E-state index contributed by atoms with van der Waals surface area (Å²) >= 11 is 1.49. The van der Waals surface area contributed by atoms with Gasteiger partial charge < -0.3 is 4.52 Å². The molecule has 3 rings (SSSR count). The molecular weight excluding hydrogens is 224 g/mol. The van der Waals surface area contributed by atoms with Crippen LogP contribution in [0.5, 0.6) is 0 Å². The molecule has 1 aromatic carbocycles. The highest BCUT2D eigenvalue weighted by molar-refractivity contribution is 7.21. The summed E-state index contributed by atoms with van der Waals surface area (Å²) in [5.74, 6) is 0.573. The fourth-order valence-corrected chi connectivity index (χ4v) is 2.67. The number of hydrogen-bond donors (Lipinski definition) is 1. The molecule has 5 heteroatoms. The smallest absolute Gasteiger partial charge is 0.290 e. The van der Waals surface area contributed by atoms with E-state index in [0.717, 1.165) is 10.2 Å². The number of aromatic nitrogens is 2. The molecule has 2 aromatic heterocycles. The van der Waals surface area contributed by atoms with Crippen LogP contribution in [0.15, 0.2) is 33.6 Å². The van der Waals surface area contributed by atoms with E-state index in [-0.39, 0.29) is 5.56 Å². The van der Waals surface area contributed by atoms with Gasteiger partial charge in [-0.15, -0.1) is 11.3 Å². The van der Waals surface area contributed by atoms with Gasteiger partial charge in [0, 0.05) is 0 Å². The maximum absolute atomic E-state index is 11.5. The van der Waals surface area contributed by atoms with E-state index in [9.17, 15) is 4.79 Å². The third-order valence-electron chi connectivity index (χ3n) is 2.38. The van der Waals surface area contributed by atoms with Crippen LogP contribution in [-0.4, -0.2) is 10.1 Å². The normalized spacial score (nSPS) is 11.1. The Hall–Kier alpha value is -1.88. The minimum absolute atomic E-state index is 0.225. The predicted molar refractivity (Wildman–Crippen MR) is 62.7 cm³/mol. The van der Waals surface area contributed by atoms with Crippen molar-refractivity contribution in [2.75, 3.05) is 0 Å². The number of aromatic amines is 1. The highest BCUT2D eigenvalue weighted by atomic mass is 32.1. The molecule has 2 heterocycles. The number of benzene rings is 1. The first-order valence-electron chi connectivity index (χ1n) is 4.80. The van der Waals surface area contributed by atoms with Crippen molar-refractivity contribution in [2.24, 2.45) is 0 Å². The van der Waals surface area contributed by atoms with E-state index in [4.69, 9.17) is 4.52 Å². The number of fused-ring (bicyclic) bond motifs is 1. The summed E-state index contributed by atoms with van der Waals surface area (Å²) in [6.45, 7) is 1.75. The summed E-state index contributed by atoms with van der Waals surface area (Å²) in [7, 11) is 0. The number of nitrogens with zero attached hydrogens (tertiary/aromatic N) is 1. The topological polar surface area (TPSA) is 58.9 Å². The monoisotopic (exact) mass is 232 g/mol. The molecule has 0 aliphatic heterocycles. The van der Waals surface area contributed by atoms with Gasteiger partial charge in [0.05, 0.1) is 10.2 Å². The van der Waals surface area contributed by atoms with Crippen LogP contribution in [0.25, 0.3) is 20.8 Å². The Kier molecular flexibility index (Phi) is 1.94. The van der Waals surface area contributed by atoms with Crippen LogP contribution in [-0.2, 0) is 0 Å². The van der Waals surface area contributed by atoms with Gasteiger partial charge in [-0.05, 0) is 19.1 Å². The van der Waals surface area contributed by atoms with Gasteiger partial charge in [-0.1, -0.05) is 12.1 Å². The lowest BCUT2D eigenvalue weighted by atomic mass is 10.3. The van der Waals surface area contributed by atoms with Crippen molar-refractivity contribution in [3.8, 4) is 10.6 Å². The van der Waals surface area contributed by atoms with E-state index in [2.05, 4.69) is 10.1 Å². The van der Waals surface area contributed by atoms with Crippen molar-refractivity contribution in [1.82, 2.24) is 10.1 Å².